The molecule has 0 aromatic rings. The van der Waals surface area contributed by atoms with Gasteiger partial charge in [0.1, 0.15) is 0 Å². The van der Waals surface area contributed by atoms with Crippen LogP contribution in [-0.4, -0.2) is 23.3 Å². The molecule has 1 saturated heterocycles. The molecule has 0 bridgehead atoms. The normalized spacial score (nSPS) is 28.3. The molecule has 2 amide bonds. The van der Waals surface area contributed by atoms with Crippen LogP contribution in [0.5, 0.6) is 0 Å². The Kier molecular flexibility index (Phi) is 3.19. The van der Waals surface area contributed by atoms with E-state index < -0.39 is 17.2 Å². The monoisotopic (exact) mass is 202 g/mol. The number of carbonyl (C=O) groups is 2. The number of carbonyl (C=O) groups excluding carboxylic acids is 2. The molecule has 4 nitrogen and oxygen atoms in total. The van der Waals surface area contributed by atoms with E-state index in [1.165, 1.54) is 0 Å². The standard InChI is InChI=1S/C8H14N2O2S/c9-6(11)4-8(7(10)12)2-1-3-13-5-8/h1-5H2,(H2,9,11)(H2,10,12). The van der Waals surface area contributed by atoms with Gasteiger partial charge in [-0.2, -0.15) is 11.8 Å². The Bertz CT molecular complexity index is 224. The van der Waals surface area contributed by atoms with Crippen LogP contribution in [0.2, 0.25) is 0 Å². The molecule has 0 aromatic heterocycles. The Morgan fingerprint density at radius 2 is 2.08 bits per heavy atom. The van der Waals surface area contributed by atoms with Crippen LogP contribution < -0.4 is 11.5 Å². The zero-order valence-electron chi connectivity index (χ0n) is 7.41. The minimum absolute atomic E-state index is 0.0926. The average Bonchev–Trinajstić information content (AvgIpc) is 2.04. The highest BCUT2D eigenvalue weighted by molar-refractivity contribution is 7.99. The second kappa shape index (κ2) is 4.00. The molecule has 0 aliphatic carbocycles. The third-order valence-electron chi connectivity index (χ3n) is 2.36. The second-order valence-corrected chi connectivity index (χ2v) is 4.55. The maximum atomic E-state index is 11.2. The molecule has 1 atom stereocenters. The molecule has 0 aromatic carbocycles. The summed E-state index contributed by atoms with van der Waals surface area (Å²) in [5, 5.41) is 0. The predicted molar refractivity (Wildman–Crippen MR) is 52.0 cm³/mol. The van der Waals surface area contributed by atoms with Crippen molar-refractivity contribution < 1.29 is 9.59 Å². The fraction of sp³-hybridized carbons (Fsp3) is 0.750. The summed E-state index contributed by atoms with van der Waals surface area (Å²) in [5.41, 5.74) is 9.71. The number of hydrogen-bond acceptors (Lipinski definition) is 3. The molecule has 13 heavy (non-hydrogen) atoms. The van der Waals surface area contributed by atoms with Crippen LogP contribution in [-0.2, 0) is 9.59 Å². The summed E-state index contributed by atoms with van der Waals surface area (Å²) >= 11 is 1.66. The lowest BCUT2D eigenvalue weighted by atomic mass is 9.81. The number of hydrogen-bond donors (Lipinski definition) is 2. The maximum Gasteiger partial charge on any atom is 0.224 e. The molecule has 0 radical (unpaired) electrons. The highest BCUT2D eigenvalue weighted by Gasteiger charge is 2.39. The molecule has 1 rings (SSSR count). The summed E-state index contributed by atoms with van der Waals surface area (Å²) in [6, 6.07) is 0. The van der Waals surface area contributed by atoms with E-state index in [-0.39, 0.29) is 6.42 Å². The highest BCUT2D eigenvalue weighted by atomic mass is 32.2. The van der Waals surface area contributed by atoms with E-state index in [2.05, 4.69) is 0 Å². The molecule has 1 fully saturated rings. The molecule has 0 saturated carbocycles. The van der Waals surface area contributed by atoms with Crippen molar-refractivity contribution in [3.8, 4) is 0 Å². The van der Waals surface area contributed by atoms with Crippen molar-refractivity contribution in [3.05, 3.63) is 0 Å². The van der Waals surface area contributed by atoms with Gasteiger partial charge in [0.05, 0.1) is 5.41 Å². The fourth-order valence-electron chi connectivity index (χ4n) is 1.61. The van der Waals surface area contributed by atoms with Gasteiger partial charge >= 0.3 is 0 Å². The lowest BCUT2D eigenvalue weighted by molar-refractivity contribution is -0.132. The van der Waals surface area contributed by atoms with Crippen LogP contribution in [0.15, 0.2) is 0 Å². The van der Waals surface area contributed by atoms with Crippen LogP contribution in [0, 0.1) is 5.41 Å². The summed E-state index contributed by atoms with van der Waals surface area (Å²) < 4.78 is 0. The summed E-state index contributed by atoms with van der Waals surface area (Å²) in [7, 11) is 0. The van der Waals surface area contributed by atoms with Gasteiger partial charge in [0, 0.05) is 12.2 Å². The topological polar surface area (TPSA) is 86.2 Å². The van der Waals surface area contributed by atoms with E-state index in [9.17, 15) is 9.59 Å². The third kappa shape index (κ3) is 2.37. The fourth-order valence-corrected chi connectivity index (χ4v) is 2.88. The molecule has 0 spiro atoms. The first-order valence-corrected chi connectivity index (χ1v) is 5.38. The zero-order chi connectivity index (χ0) is 9.90. The van der Waals surface area contributed by atoms with Crippen molar-refractivity contribution in [3.63, 3.8) is 0 Å². The lowest BCUT2D eigenvalue weighted by Crippen LogP contribution is -2.44. The summed E-state index contributed by atoms with van der Waals surface area (Å²) in [5.74, 6) is 0.832. The zero-order valence-corrected chi connectivity index (χ0v) is 8.23. The second-order valence-electron chi connectivity index (χ2n) is 3.44. The summed E-state index contributed by atoms with van der Waals surface area (Å²) in [6.45, 7) is 0. The Morgan fingerprint density at radius 3 is 2.46 bits per heavy atom. The highest BCUT2D eigenvalue weighted by Crippen LogP contribution is 2.36. The van der Waals surface area contributed by atoms with E-state index in [0.717, 1.165) is 12.2 Å². The Hall–Kier alpha value is -0.710. The number of primary amides is 2. The molecule has 74 valence electrons. The van der Waals surface area contributed by atoms with Crippen molar-refractivity contribution in [1.29, 1.82) is 0 Å². The van der Waals surface area contributed by atoms with Gasteiger partial charge in [0.2, 0.25) is 11.8 Å². The first-order chi connectivity index (χ1) is 6.07. The minimum Gasteiger partial charge on any atom is -0.370 e. The van der Waals surface area contributed by atoms with Crippen LogP contribution in [0.1, 0.15) is 19.3 Å². The summed E-state index contributed by atoms with van der Waals surface area (Å²) in [6.07, 6.45) is 1.72. The van der Waals surface area contributed by atoms with Gasteiger partial charge in [-0.3, -0.25) is 9.59 Å². The average molecular weight is 202 g/mol. The van der Waals surface area contributed by atoms with E-state index >= 15 is 0 Å². The van der Waals surface area contributed by atoms with Gasteiger partial charge in [0.25, 0.3) is 0 Å². The van der Waals surface area contributed by atoms with Gasteiger partial charge < -0.3 is 11.5 Å². The lowest BCUT2D eigenvalue weighted by Gasteiger charge is -2.32. The number of rotatable bonds is 3. The SMILES string of the molecule is NC(=O)CC1(C(N)=O)CCCSC1. The molecule has 4 N–H and O–H groups in total. The van der Waals surface area contributed by atoms with Crippen LogP contribution in [0.4, 0.5) is 0 Å². The van der Waals surface area contributed by atoms with Crippen molar-refractivity contribution >= 4 is 23.6 Å². The van der Waals surface area contributed by atoms with Crippen molar-refractivity contribution in [2.75, 3.05) is 11.5 Å². The van der Waals surface area contributed by atoms with Gasteiger partial charge in [-0.05, 0) is 18.6 Å². The van der Waals surface area contributed by atoms with Crippen molar-refractivity contribution in [1.82, 2.24) is 0 Å². The van der Waals surface area contributed by atoms with Gasteiger partial charge in [-0.25, -0.2) is 0 Å². The van der Waals surface area contributed by atoms with E-state index in [1.54, 1.807) is 11.8 Å². The number of thioether (sulfide) groups is 1. The molecule has 1 aliphatic heterocycles. The van der Waals surface area contributed by atoms with Gasteiger partial charge in [0.15, 0.2) is 0 Å². The maximum absolute atomic E-state index is 11.2. The smallest absolute Gasteiger partial charge is 0.224 e. The predicted octanol–water partition coefficient (Wildman–Crippen LogP) is -0.140. The van der Waals surface area contributed by atoms with Crippen LogP contribution >= 0.6 is 11.8 Å². The molecular formula is C8H14N2O2S. The van der Waals surface area contributed by atoms with E-state index in [4.69, 9.17) is 11.5 Å². The molecule has 5 heteroatoms. The molecule has 1 heterocycles. The first-order valence-electron chi connectivity index (χ1n) is 4.23. The van der Waals surface area contributed by atoms with E-state index in [0.29, 0.717) is 12.2 Å². The number of amides is 2. The van der Waals surface area contributed by atoms with Crippen molar-refractivity contribution in [2.45, 2.75) is 19.3 Å². The molecule has 1 aliphatic rings. The van der Waals surface area contributed by atoms with E-state index in [1.807, 2.05) is 0 Å². The largest absolute Gasteiger partial charge is 0.370 e. The quantitative estimate of drug-likeness (QED) is 0.668. The van der Waals surface area contributed by atoms with Crippen LogP contribution in [0.25, 0.3) is 0 Å². The summed E-state index contributed by atoms with van der Waals surface area (Å²) in [4.78, 5) is 22.0. The Balaban J connectivity index is 2.73. The molecule has 1 unspecified atom stereocenters. The Labute approximate surface area is 81.4 Å². The Morgan fingerprint density at radius 1 is 1.38 bits per heavy atom. The van der Waals surface area contributed by atoms with Crippen molar-refractivity contribution in [2.24, 2.45) is 16.9 Å². The first kappa shape index (κ1) is 10.4. The van der Waals surface area contributed by atoms with Crippen LogP contribution in [0.3, 0.4) is 0 Å². The molecular weight excluding hydrogens is 188 g/mol. The van der Waals surface area contributed by atoms with Gasteiger partial charge in [-0.15, -0.1) is 0 Å². The number of nitrogens with two attached hydrogens (primary N) is 2. The third-order valence-corrected chi connectivity index (χ3v) is 3.69. The van der Waals surface area contributed by atoms with Gasteiger partial charge in [-0.1, -0.05) is 0 Å². The minimum atomic E-state index is -0.672.